The number of hydrogen-bond donors (Lipinski definition) is 1. The third kappa shape index (κ3) is 4.31. The number of esters is 1. The highest BCUT2D eigenvalue weighted by molar-refractivity contribution is 7.16. The zero-order chi connectivity index (χ0) is 20.3. The molecule has 3 aromatic rings. The van der Waals surface area contributed by atoms with Gasteiger partial charge in [0.2, 0.25) is 0 Å². The van der Waals surface area contributed by atoms with Gasteiger partial charge in [0.25, 0.3) is 5.91 Å². The predicted octanol–water partition coefficient (Wildman–Crippen LogP) is 5.85. The minimum absolute atomic E-state index is 0.221. The van der Waals surface area contributed by atoms with Crippen LogP contribution < -0.4 is 5.32 Å². The number of nitrogens with one attached hydrogen (secondary N) is 1. The summed E-state index contributed by atoms with van der Waals surface area (Å²) in [5.74, 6) is -0.661. The Morgan fingerprint density at radius 3 is 2.14 bits per heavy atom. The number of amides is 1. The van der Waals surface area contributed by atoms with Gasteiger partial charge in [-0.05, 0) is 56.5 Å². The predicted molar refractivity (Wildman–Crippen MR) is 114 cm³/mol. The smallest absolute Gasteiger partial charge is 0.341 e. The SMILES string of the molecule is Cc1sc(NC(=O)c2ccc(-c3ccccc3)cc2)c(C(=O)OC(C)C)c1C. The van der Waals surface area contributed by atoms with Crippen molar-refractivity contribution in [2.75, 3.05) is 5.32 Å². The number of anilines is 1. The second-order valence-corrected chi connectivity index (χ2v) is 8.06. The molecule has 0 saturated heterocycles. The van der Waals surface area contributed by atoms with Crippen molar-refractivity contribution in [2.24, 2.45) is 0 Å². The number of rotatable bonds is 5. The van der Waals surface area contributed by atoms with Gasteiger partial charge in [-0.2, -0.15) is 0 Å². The molecule has 3 rings (SSSR count). The first-order valence-electron chi connectivity index (χ1n) is 9.14. The van der Waals surface area contributed by atoms with Crippen molar-refractivity contribution in [3.05, 3.63) is 76.2 Å². The van der Waals surface area contributed by atoms with Gasteiger partial charge >= 0.3 is 5.97 Å². The van der Waals surface area contributed by atoms with Crippen molar-refractivity contribution >= 4 is 28.2 Å². The molecule has 0 fully saturated rings. The molecule has 0 aliphatic rings. The Morgan fingerprint density at radius 1 is 0.929 bits per heavy atom. The number of carbonyl (C=O) groups is 2. The summed E-state index contributed by atoms with van der Waals surface area (Å²) in [6, 6.07) is 17.4. The van der Waals surface area contributed by atoms with E-state index < -0.39 is 5.97 Å². The average molecular weight is 394 g/mol. The maximum Gasteiger partial charge on any atom is 0.341 e. The first kappa shape index (κ1) is 19.8. The minimum Gasteiger partial charge on any atom is -0.459 e. The summed E-state index contributed by atoms with van der Waals surface area (Å²) in [7, 11) is 0. The molecule has 2 aromatic carbocycles. The molecule has 1 aromatic heterocycles. The lowest BCUT2D eigenvalue weighted by atomic mass is 10.0. The number of hydrogen-bond acceptors (Lipinski definition) is 4. The normalized spacial score (nSPS) is 10.8. The topological polar surface area (TPSA) is 55.4 Å². The second-order valence-electron chi connectivity index (χ2n) is 6.84. The number of aryl methyl sites for hydroxylation is 1. The molecule has 0 aliphatic heterocycles. The Balaban J connectivity index is 1.82. The van der Waals surface area contributed by atoms with Crippen LogP contribution in [0.2, 0.25) is 0 Å². The van der Waals surface area contributed by atoms with E-state index in [9.17, 15) is 9.59 Å². The maximum absolute atomic E-state index is 12.7. The van der Waals surface area contributed by atoms with E-state index in [1.165, 1.54) is 11.3 Å². The van der Waals surface area contributed by atoms with E-state index >= 15 is 0 Å². The molecular formula is C23H23NO3S. The molecule has 144 valence electrons. The molecule has 0 unspecified atom stereocenters. The van der Waals surface area contributed by atoms with Gasteiger partial charge in [-0.1, -0.05) is 42.5 Å². The lowest BCUT2D eigenvalue weighted by Crippen LogP contribution is -2.16. The quantitative estimate of drug-likeness (QED) is 0.553. The monoisotopic (exact) mass is 393 g/mol. The fourth-order valence-corrected chi connectivity index (χ4v) is 3.90. The molecule has 0 saturated carbocycles. The zero-order valence-electron chi connectivity index (χ0n) is 16.4. The van der Waals surface area contributed by atoms with Gasteiger partial charge in [-0.3, -0.25) is 4.79 Å². The van der Waals surface area contributed by atoms with Crippen LogP contribution in [0.1, 0.15) is 45.0 Å². The van der Waals surface area contributed by atoms with Gasteiger partial charge < -0.3 is 10.1 Å². The number of carbonyl (C=O) groups excluding carboxylic acids is 2. The summed E-state index contributed by atoms with van der Waals surface area (Å²) in [5.41, 5.74) is 3.95. The number of ether oxygens (including phenoxy) is 1. The van der Waals surface area contributed by atoms with Crippen LogP contribution in [-0.4, -0.2) is 18.0 Å². The molecule has 0 atom stereocenters. The molecule has 0 bridgehead atoms. The molecule has 4 nitrogen and oxygen atoms in total. The molecule has 0 radical (unpaired) electrons. The highest BCUT2D eigenvalue weighted by Gasteiger charge is 2.23. The number of benzene rings is 2. The van der Waals surface area contributed by atoms with Crippen molar-refractivity contribution in [1.29, 1.82) is 0 Å². The minimum atomic E-state index is -0.411. The first-order chi connectivity index (χ1) is 13.4. The Morgan fingerprint density at radius 2 is 1.54 bits per heavy atom. The van der Waals surface area contributed by atoms with Crippen molar-refractivity contribution in [3.8, 4) is 11.1 Å². The highest BCUT2D eigenvalue weighted by atomic mass is 32.1. The summed E-state index contributed by atoms with van der Waals surface area (Å²) in [4.78, 5) is 26.2. The summed E-state index contributed by atoms with van der Waals surface area (Å²) >= 11 is 1.39. The van der Waals surface area contributed by atoms with Gasteiger partial charge in [0, 0.05) is 10.4 Å². The summed E-state index contributed by atoms with van der Waals surface area (Å²) < 4.78 is 5.34. The second kappa shape index (κ2) is 8.40. The highest BCUT2D eigenvalue weighted by Crippen LogP contribution is 2.33. The van der Waals surface area contributed by atoms with Gasteiger partial charge in [0.1, 0.15) is 5.00 Å². The largest absolute Gasteiger partial charge is 0.459 e. The van der Waals surface area contributed by atoms with Crippen LogP contribution in [0.4, 0.5) is 5.00 Å². The van der Waals surface area contributed by atoms with Gasteiger partial charge in [0.05, 0.1) is 11.7 Å². The molecule has 0 aliphatic carbocycles. The van der Waals surface area contributed by atoms with Crippen LogP contribution in [0, 0.1) is 13.8 Å². The Labute approximate surface area is 169 Å². The fraction of sp³-hybridized carbons (Fsp3) is 0.217. The van der Waals surface area contributed by atoms with Gasteiger partial charge in [-0.25, -0.2) is 4.79 Å². The summed E-state index contributed by atoms with van der Waals surface area (Å²) in [6.07, 6.45) is -0.221. The molecule has 0 spiro atoms. The molecule has 1 N–H and O–H groups in total. The third-order valence-electron chi connectivity index (χ3n) is 4.41. The lowest BCUT2D eigenvalue weighted by Gasteiger charge is -2.10. The van der Waals surface area contributed by atoms with E-state index in [-0.39, 0.29) is 12.0 Å². The Bertz CT molecular complexity index is 989. The summed E-state index contributed by atoms with van der Waals surface area (Å²) in [6.45, 7) is 7.40. The molecule has 5 heteroatoms. The Hall–Kier alpha value is -2.92. The first-order valence-corrected chi connectivity index (χ1v) is 9.96. The van der Waals surface area contributed by atoms with Crippen LogP contribution in [0.25, 0.3) is 11.1 Å². The lowest BCUT2D eigenvalue weighted by molar-refractivity contribution is 0.0379. The van der Waals surface area contributed by atoms with E-state index in [1.54, 1.807) is 26.0 Å². The molecular weight excluding hydrogens is 370 g/mol. The molecule has 1 heterocycles. The molecule has 1 amide bonds. The van der Waals surface area contributed by atoms with E-state index in [0.29, 0.717) is 16.1 Å². The fourth-order valence-electron chi connectivity index (χ4n) is 2.85. The van der Waals surface area contributed by atoms with Crippen molar-refractivity contribution in [2.45, 2.75) is 33.8 Å². The summed E-state index contributed by atoms with van der Waals surface area (Å²) in [5, 5.41) is 3.41. The van der Waals surface area contributed by atoms with Crippen LogP contribution in [-0.2, 0) is 4.74 Å². The standard InChI is InChI=1S/C23H23NO3S/c1-14(2)27-23(26)20-15(3)16(4)28-22(20)24-21(25)19-12-10-18(11-13-19)17-8-6-5-7-9-17/h5-14H,1-4H3,(H,24,25). The van der Waals surface area contributed by atoms with E-state index in [1.807, 2.05) is 56.3 Å². The van der Waals surface area contributed by atoms with Crippen LogP contribution in [0.5, 0.6) is 0 Å². The van der Waals surface area contributed by atoms with Crippen LogP contribution >= 0.6 is 11.3 Å². The van der Waals surface area contributed by atoms with Crippen LogP contribution in [0.15, 0.2) is 54.6 Å². The number of thiophene rings is 1. The van der Waals surface area contributed by atoms with Crippen LogP contribution in [0.3, 0.4) is 0 Å². The average Bonchev–Trinajstić information content (AvgIpc) is 2.95. The van der Waals surface area contributed by atoms with Crippen molar-refractivity contribution in [3.63, 3.8) is 0 Å². The van der Waals surface area contributed by atoms with Crippen molar-refractivity contribution < 1.29 is 14.3 Å². The Kier molecular flexibility index (Phi) is 5.95. The van der Waals surface area contributed by atoms with E-state index in [4.69, 9.17) is 4.74 Å². The van der Waals surface area contributed by atoms with E-state index in [0.717, 1.165) is 21.6 Å². The van der Waals surface area contributed by atoms with E-state index in [2.05, 4.69) is 5.32 Å². The zero-order valence-corrected chi connectivity index (χ0v) is 17.2. The van der Waals surface area contributed by atoms with Crippen molar-refractivity contribution in [1.82, 2.24) is 0 Å². The third-order valence-corrected chi connectivity index (χ3v) is 5.54. The van der Waals surface area contributed by atoms with Gasteiger partial charge in [0.15, 0.2) is 0 Å². The maximum atomic E-state index is 12.7. The molecule has 28 heavy (non-hydrogen) atoms. The van der Waals surface area contributed by atoms with Gasteiger partial charge in [-0.15, -0.1) is 11.3 Å².